The number of esters is 1. The van der Waals surface area contributed by atoms with Crippen molar-refractivity contribution in [2.45, 2.75) is 19.6 Å². The molecule has 0 saturated carbocycles. The van der Waals surface area contributed by atoms with Gasteiger partial charge in [0, 0.05) is 23.1 Å². The summed E-state index contributed by atoms with van der Waals surface area (Å²) < 4.78 is 20.5. The number of anilines is 1. The zero-order chi connectivity index (χ0) is 18.5. The lowest BCUT2D eigenvalue weighted by Crippen LogP contribution is -2.21. The monoisotopic (exact) mass is 378 g/mol. The van der Waals surface area contributed by atoms with Crippen LogP contribution in [0.25, 0.3) is 0 Å². The van der Waals surface area contributed by atoms with E-state index in [1.54, 1.807) is 18.2 Å². The first-order valence-electron chi connectivity index (χ1n) is 7.87. The normalized spacial score (nSPS) is 12.1. The second kappa shape index (κ2) is 8.13. The zero-order valence-electron chi connectivity index (χ0n) is 14.4. The van der Waals surface area contributed by atoms with E-state index in [1.807, 2.05) is 13.8 Å². The van der Waals surface area contributed by atoms with Crippen LogP contribution in [0.15, 0.2) is 22.7 Å². The summed E-state index contributed by atoms with van der Waals surface area (Å²) in [6.45, 7) is 3.50. The number of hydrogen-bond donors (Lipinski definition) is 1. The number of thioether (sulfide) groups is 1. The van der Waals surface area contributed by atoms with Crippen LogP contribution in [-0.4, -0.2) is 36.2 Å². The molecule has 0 aliphatic carbocycles. The Morgan fingerprint density at radius 1 is 1.27 bits per heavy atom. The first-order valence-corrected chi connectivity index (χ1v) is 9.03. The number of amides is 1. The second-order valence-electron chi connectivity index (χ2n) is 5.57. The van der Waals surface area contributed by atoms with Gasteiger partial charge in [-0.1, -0.05) is 5.16 Å². The Morgan fingerprint density at radius 3 is 2.85 bits per heavy atom. The average Bonchev–Trinajstić information content (AvgIpc) is 3.20. The Hall–Kier alpha value is -2.68. The fourth-order valence-corrected chi connectivity index (χ4v) is 3.27. The molecule has 26 heavy (non-hydrogen) atoms. The van der Waals surface area contributed by atoms with E-state index >= 15 is 0 Å². The van der Waals surface area contributed by atoms with Gasteiger partial charge in [-0.2, -0.15) is 0 Å². The number of fused-ring (bicyclic) bond motifs is 1. The van der Waals surface area contributed by atoms with E-state index in [-0.39, 0.29) is 19.2 Å². The summed E-state index contributed by atoms with van der Waals surface area (Å²) in [5.74, 6) is 1.79. The van der Waals surface area contributed by atoms with Crippen molar-refractivity contribution in [3.8, 4) is 11.5 Å². The molecule has 0 bridgehead atoms. The summed E-state index contributed by atoms with van der Waals surface area (Å²) in [5.41, 5.74) is 2.33. The van der Waals surface area contributed by atoms with Crippen LogP contribution in [-0.2, 0) is 20.1 Å². The molecule has 1 N–H and O–H groups in total. The molecule has 0 fully saturated rings. The lowest BCUT2D eigenvalue weighted by Gasteiger charge is -2.07. The molecule has 0 unspecified atom stereocenters. The van der Waals surface area contributed by atoms with E-state index in [0.717, 1.165) is 17.0 Å². The van der Waals surface area contributed by atoms with Crippen LogP contribution in [0.3, 0.4) is 0 Å². The van der Waals surface area contributed by atoms with Crippen molar-refractivity contribution in [3.05, 3.63) is 35.2 Å². The van der Waals surface area contributed by atoms with Gasteiger partial charge in [0.05, 0.1) is 11.4 Å². The van der Waals surface area contributed by atoms with Gasteiger partial charge < -0.3 is 24.1 Å². The third kappa shape index (κ3) is 4.48. The predicted molar refractivity (Wildman–Crippen MR) is 94.3 cm³/mol. The van der Waals surface area contributed by atoms with Gasteiger partial charge in [-0.05, 0) is 26.0 Å². The summed E-state index contributed by atoms with van der Waals surface area (Å²) in [6.07, 6.45) is 0. The fourth-order valence-electron chi connectivity index (χ4n) is 2.30. The minimum Gasteiger partial charge on any atom is -0.455 e. The maximum Gasteiger partial charge on any atom is 0.316 e. The van der Waals surface area contributed by atoms with Crippen molar-refractivity contribution in [2.24, 2.45) is 0 Å². The highest BCUT2D eigenvalue weighted by atomic mass is 32.2. The van der Waals surface area contributed by atoms with Crippen LogP contribution in [0.2, 0.25) is 0 Å². The Bertz CT molecular complexity index is 800. The number of aromatic nitrogens is 1. The molecule has 1 amide bonds. The molecule has 8 nitrogen and oxygen atoms in total. The molecule has 0 radical (unpaired) electrons. The van der Waals surface area contributed by atoms with Crippen molar-refractivity contribution >= 4 is 29.3 Å². The zero-order valence-corrected chi connectivity index (χ0v) is 15.2. The quantitative estimate of drug-likeness (QED) is 0.734. The largest absolute Gasteiger partial charge is 0.455 e. The summed E-state index contributed by atoms with van der Waals surface area (Å²) in [5, 5.41) is 6.50. The lowest BCUT2D eigenvalue weighted by molar-refractivity contribution is -0.144. The summed E-state index contributed by atoms with van der Waals surface area (Å²) >= 11 is 1.38. The number of nitrogens with zero attached hydrogens (tertiary/aromatic N) is 1. The molecule has 1 aliphatic heterocycles. The minimum atomic E-state index is -0.456. The molecule has 1 aromatic heterocycles. The van der Waals surface area contributed by atoms with Crippen molar-refractivity contribution in [1.82, 2.24) is 5.16 Å². The van der Waals surface area contributed by atoms with E-state index in [9.17, 15) is 9.59 Å². The average molecular weight is 378 g/mol. The summed E-state index contributed by atoms with van der Waals surface area (Å²) in [4.78, 5) is 23.6. The van der Waals surface area contributed by atoms with Gasteiger partial charge in [0.15, 0.2) is 18.1 Å². The minimum absolute atomic E-state index is 0.140. The van der Waals surface area contributed by atoms with Crippen LogP contribution < -0.4 is 14.8 Å². The topological polar surface area (TPSA) is 99.9 Å². The standard InChI is InChI=1S/C17H18N2O6S/c1-10-13(11(2)25-19-10)7-26-8-17(21)22-6-16(20)18-12-3-4-14-15(5-12)24-9-23-14/h3-5H,6-9H2,1-2H3,(H,18,20). The van der Waals surface area contributed by atoms with Gasteiger partial charge in [-0.15, -0.1) is 11.8 Å². The molecule has 2 heterocycles. The van der Waals surface area contributed by atoms with Crippen LogP contribution in [0.1, 0.15) is 17.0 Å². The summed E-state index contributed by atoms with van der Waals surface area (Å²) in [6, 6.07) is 5.05. The number of benzene rings is 1. The number of carbonyl (C=O) groups is 2. The lowest BCUT2D eigenvalue weighted by atomic mass is 10.2. The van der Waals surface area contributed by atoms with E-state index < -0.39 is 11.9 Å². The molecule has 3 rings (SSSR count). The van der Waals surface area contributed by atoms with Gasteiger partial charge >= 0.3 is 5.97 Å². The maximum atomic E-state index is 11.9. The SMILES string of the molecule is Cc1noc(C)c1CSCC(=O)OCC(=O)Nc1ccc2c(c1)OCO2. The highest BCUT2D eigenvalue weighted by molar-refractivity contribution is 7.99. The van der Waals surface area contributed by atoms with Crippen LogP contribution in [0, 0.1) is 13.8 Å². The number of rotatable bonds is 7. The van der Waals surface area contributed by atoms with E-state index in [4.69, 9.17) is 18.7 Å². The third-order valence-corrected chi connectivity index (χ3v) is 4.60. The molecule has 138 valence electrons. The van der Waals surface area contributed by atoms with Crippen molar-refractivity contribution < 1.29 is 28.3 Å². The van der Waals surface area contributed by atoms with Gasteiger partial charge in [-0.25, -0.2) is 0 Å². The summed E-state index contributed by atoms with van der Waals surface area (Å²) in [7, 11) is 0. The van der Waals surface area contributed by atoms with E-state index in [2.05, 4.69) is 10.5 Å². The van der Waals surface area contributed by atoms with Crippen molar-refractivity contribution in [3.63, 3.8) is 0 Å². The molecule has 1 aliphatic rings. The molecule has 9 heteroatoms. The van der Waals surface area contributed by atoms with E-state index in [0.29, 0.717) is 22.9 Å². The number of hydrogen-bond acceptors (Lipinski definition) is 8. The predicted octanol–water partition coefficient (Wildman–Crippen LogP) is 2.44. The van der Waals surface area contributed by atoms with Crippen LogP contribution in [0.5, 0.6) is 11.5 Å². The number of ether oxygens (including phenoxy) is 3. The van der Waals surface area contributed by atoms with Crippen LogP contribution >= 0.6 is 11.8 Å². The van der Waals surface area contributed by atoms with Crippen molar-refractivity contribution in [2.75, 3.05) is 24.5 Å². The Kier molecular flexibility index (Phi) is 5.67. The molecular formula is C17H18N2O6S. The molecule has 1 aromatic carbocycles. The highest BCUT2D eigenvalue weighted by Gasteiger charge is 2.15. The number of nitrogens with one attached hydrogen (secondary N) is 1. The second-order valence-corrected chi connectivity index (χ2v) is 6.56. The highest BCUT2D eigenvalue weighted by Crippen LogP contribution is 2.34. The smallest absolute Gasteiger partial charge is 0.316 e. The fraction of sp³-hybridized carbons (Fsp3) is 0.353. The first kappa shape index (κ1) is 18.1. The maximum absolute atomic E-state index is 11.9. The first-order chi connectivity index (χ1) is 12.5. The Balaban J connectivity index is 1.38. The van der Waals surface area contributed by atoms with Gasteiger partial charge in [-0.3, -0.25) is 9.59 Å². The third-order valence-electron chi connectivity index (χ3n) is 3.67. The van der Waals surface area contributed by atoms with Gasteiger partial charge in [0.25, 0.3) is 5.91 Å². The Labute approximate surface area is 154 Å². The van der Waals surface area contributed by atoms with E-state index in [1.165, 1.54) is 11.8 Å². The number of carbonyl (C=O) groups excluding carboxylic acids is 2. The molecular weight excluding hydrogens is 360 g/mol. The van der Waals surface area contributed by atoms with Crippen LogP contribution in [0.4, 0.5) is 5.69 Å². The van der Waals surface area contributed by atoms with Crippen molar-refractivity contribution in [1.29, 1.82) is 0 Å². The molecule has 0 atom stereocenters. The molecule has 0 saturated heterocycles. The van der Waals surface area contributed by atoms with Gasteiger partial charge in [0.1, 0.15) is 5.76 Å². The van der Waals surface area contributed by atoms with Gasteiger partial charge in [0.2, 0.25) is 6.79 Å². The molecule has 2 aromatic rings. The molecule has 0 spiro atoms. The number of aryl methyl sites for hydroxylation is 2. The Morgan fingerprint density at radius 2 is 2.08 bits per heavy atom.